The summed E-state index contributed by atoms with van der Waals surface area (Å²) in [6, 6.07) is -0.166. The third kappa shape index (κ3) is 11.6. The smallest absolute Gasteiger partial charge is 0.307 e. The summed E-state index contributed by atoms with van der Waals surface area (Å²) in [7, 11) is 0. The molecular formula is C78H132N12O8. The zero-order chi connectivity index (χ0) is 70.1. The number of aliphatic carboxylic acids is 2. The van der Waals surface area contributed by atoms with Gasteiger partial charge in [-0.2, -0.15) is 10.0 Å². The van der Waals surface area contributed by atoms with Crippen LogP contribution in [0.5, 0.6) is 0 Å². The van der Waals surface area contributed by atoms with Gasteiger partial charge in [-0.3, -0.25) is 9.59 Å². The molecule has 11 N–H and O–H groups in total. The quantitative estimate of drug-likeness (QED) is 0.0917. The van der Waals surface area contributed by atoms with Gasteiger partial charge in [0.15, 0.2) is 0 Å². The summed E-state index contributed by atoms with van der Waals surface area (Å²) >= 11 is 0. The largest absolute Gasteiger partial charge is 0.481 e. The SMILES string of the molecule is C.CC(C)[C@@H](C)[C@@]1(C)CC[C@]2(C)[C@H]3CC[C@@H]4[C@@]5(COC[C@@]4(C)[C@@H](OCC4(N)CCCCC4)[C@H](C)C5)C3=CC[C@@]2(C)[C@@H]1C(=O)O.CC(C)[C@@H](C)[C@@]1(C)CC[C@]2(C)[C@H]3CC[C@@H]4[C@@]5(COC[C@@]4(C)[C@@H](OCC4(N)CCCCC4)[C@H](n4nnc(N)n4)C5)C3=CC[C@@]2(C)[C@@H]1C(=O)O.Nc1nn[nH]n1. The maximum atomic E-state index is 13.4. The first-order valence-corrected chi connectivity index (χ1v) is 38.4. The van der Waals surface area contributed by atoms with Gasteiger partial charge in [-0.05, 0) is 199 Å². The predicted octanol–water partition coefficient (Wildman–Crippen LogP) is 14.1. The summed E-state index contributed by atoms with van der Waals surface area (Å²) in [4.78, 5) is 28.5. The van der Waals surface area contributed by atoms with E-state index >= 15 is 0 Å². The lowest BCUT2D eigenvalue weighted by molar-refractivity contribution is -0.254. The summed E-state index contributed by atoms with van der Waals surface area (Å²) in [5, 5.41) is 47.2. The first-order valence-electron chi connectivity index (χ1n) is 38.4. The van der Waals surface area contributed by atoms with Gasteiger partial charge in [0.1, 0.15) is 6.04 Å². The average molecular weight is 1370 g/mol. The van der Waals surface area contributed by atoms with Crippen LogP contribution in [-0.4, -0.2) is 126 Å². The fourth-order valence-corrected chi connectivity index (χ4v) is 26.3. The van der Waals surface area contributed by atoms with Gasteiger partial charge >= 0.3 is 11.9 Å². The summed E-state index contributed by atoms with van der Waals surface area (Å²) < 4.78 is 27.3. The van der Waals surface area contributed by atoms with Gasteiger partial charge in [-0.15, -0.1) is 10.2 Å². The molecule has 2 aromatic heterocycles. The van der Waals surface area contributed by atoms with Crippen LogP contribution in [0.4, 0.5) is 11.9 Å². The van der Waals surface area contributed by atoms with Gasteiger partial charge in [-0.25, -0.2) is 0 Å². The first-order chi connectivity index (χ1) is 45.5. The maximum absolute atomic E-state index is 13.4. The number of H-pyrrole nitrogens is 1. The van der Waals surface area contributed by atoms with Crippen molar-refractivity contribution in [2.75, 3.05) is 51.1 Å². The van der Waals surface area contributed by atoms with Crippen molar-refractivity contribution in [1.29, 1.82) is 0 Å². The zero-order valence-electron chi connectivity index (χ0n) is 62.3. The van der Waals surface area contributed by atoms with Crippen molar-refractivity contribution in [2.24, 2.45) is 131 Å². The molecule has 4 heterocycles. The molecule has 0 spiro atoms. The highest BCUT2D eigenvalue weighted by molar-refractivity contribution is 5.74. The molecule has 22 atom stereocenters. The molecule has 2 saturated heterocycles. The van der Waals surface area contributed by atoms with E-state index in [1.165, 1.54) is 37.7 Å². The number of anilines is 2. The molecule has 2 aliphatic heterocycles. The van der Waals surface area contributed by atoms with Gasteiger partial charge in [-0.1, -0.05) is 183 Å². The number of aromatic nitrogens is 8. The maximum Gasteiger partial charge on any atom is 0.307 e. The number of ether oxygens (including phenoxy) is 4. The van der Waals surface area contributed by atoms with Gasteiger partial charge in [0, 0.05) is 32.7 Å². The van der Waals surface area contributed by atoms with E-state index in [4.69, 9.17) is 41.9 Å². The second-order valence-corrected chi connectivity index (χ2v) is 37.7. The van der Waals surface area contributed by atoms with Gasteiger partial charge in [0.25, 0.3) is 11.9 Å². The third-order valence-electron chi connectivity index (χ3n) is 32.4. The number of tetrazole rings is 2. The highest BCUT2D eigenvalue weighted by atomic mass is 16.5. The Balaban J connectivity index is 0.000000182. The van der Waals surface area contributed by atoms with Crippen LogP contribution in [-0.2, 0) is 28.5 Å². The first kappa shape index (κ1) is 75.1. The normalized spacial score (nSPS) is 44.8. The van der Waals surface area contributed by atoms with E-state index in [0.29, 0.717) is 79.7 Å². The van der Waals surface area contributed by atoms with E-state index in [1.54, 1.807) is 10.4 Å². The number of carboxylic acids is 2. The van der Waals surface area contributed by atoms with Gasteiger partial charge in [0.2, 0.25) is 0 Å². The molecule has 0 unspecified atom stereocenters. The van der Waals surface area contributed by atoms with Crippen LogP contribution in [0.15, 0.2) is 23.3 Å². The highest BCUT2D eigenvalue weighted by Gasteiger charge is 2.74. The molecule has 98 heavy (non-hydrogen) atoms. The van der Waals surface area contributed by atoms with Crippen molar-refractivity contribution >= 4 is 23.8 Å². The average Bonchev–Trinajstić information content (AvgIpc) is 0.719. The number of nitrogens with zero attached hydrogens (tertiary/aromatic N) is 7. The minimum absolute atomic E-state index is 0. The second kappa shape index (κ2) is 26.6. The number of rotatable bonds is 13. The Kier molecular flexibility index (Phi) is 20.4. The van der Waals surface area contributed by atoms with Crippen LogP contribution in [0.3, 0.4) is 0 Å². The number of carbonyl (C=O) groups is 2. The molecule has 10 fully saturated rings. The van der Waals surface area contributed by atoms with E-state index in [-0.39, 0.29) is 109 Å². The summed E-state index contributed by atoms with van der Waals surface area (Å²) in [5.41, 5.74) is 25.7. The Morgan fingerprint density at radius 1 is 0.592 bits per heavy atom. The molecule has 8 saturated carbocycles. The number of aromatic amines is 1. The number of nitrogen functional groups attached to an aromatic ring is 2. The monoisotopic (exact) mass is 1370 g/mol. The van der Waals surface area contributed by atoms with E-state index < -0.39 is 17.9 Å². The van der Waals surface area contributed by atoms with E-state index in [1.807, 2.05) is 0 Å². The molecule has 0 aromatic carbocycles. The van der Waals surface area contributed by atoms with E-state index in [0.717, 1.165) is 122 Å². The molecule has 14 rings (SSSR count). The molecule has 20 heteroatoms. The van der Waals surface area contributed by atoms with Crippen molar-refractivity contribution in [2.45, 2.75) is 282 Å². The minimum Gasteiger partial charge on any atom is -0.481 e. The molecule has 0 amide bonds. The Morgan fingerprint density at radius 3 is 1.42 bits per heavy atom. The molecule has 4 bridgehead atoms. The number of allylic oxidation sites excluding steroid dienone is 2. The van der Waals surface area contributed by atoms with Crippen LogP contribution in [0.25, 0.3) is 0 Å². The number of carboxylic acid groups (broad SMARTS) is 2. The summed E-state index contributed by atoms with van der Waals surface area (Å²) in [6.45, 7) is 39.1. The fourth-order valence-electron chi connectivity index (χ4n) is 26.3. The lowest BCUT2D eigenvalue weighted by Gasteiger charge is -2.71. The van der Waals surface area contributed by atoms with Crippen LogP contribution in [0.2, 0.25) is 0 Å². The van der Waals surface area contributed by atoms with Crippen LogP contribution in [0.1, 0.15) is 259 Å². The lowest BCUT2D eigenvalue weighted by atomic mass is 9.34. The van der Waals surface area contributed by atoms with Crippen LogP contribution >= 0.6 is 0 Å². The van der Waals surface area contributed by atoms with Crippen molar-refractivity contribution in [3.05, 3.63) is 23.3 Å². The van der Waals surface area contributed by atoms with Gasteiger partial charge < -0.3 is 52.1 Å². The van der Waals surface area contributed by atoms with Crippen LogP contribution < -0.4 is 22.9 Å². The van der Waals surface area contributed by atoms with E-state index in [9.17, 15) is 19.8 Å². The van der Waals surface area contributed by atoms with Crippen molar-refractivity contribution < 1.29 is 38.7 Å². The summed E-state index contributed by atoms with van der Waals surface area (Å²) in [6.07, 6.45) is 28.5. The predicted molar refractivity (Wildman–Crippen MR) is 382 cm³/mol. The molecule has 20 nitrogen and oxygen atoms in total. The standard InChI is InChI=1S/C38H62N6O4.C38H63NO4.CH3N5.CH4/c1-23(2)24(3)33(4)17-18-35(6)25-11-12-28-34(5)20-47-22-38(28,26(25)13-16-36(35,7)29(33)31(45)46)19-27(44-42-32(39)41-43-44)30(34)48-21-37(40)14-9-8-10-15-37;1-24(2)26(4)33(5)18-19-35(7)27-12-13-29-34(6)21-42-23-38(29,28(27)14-17-36(35,8)30(33)32(40)41)20-25(3)31(34)43-22-37(39)15-10-9-11-16-37;2-1-3-5-6-4-1;/h13,23-25,27-30H,8-12,14-22,40H2,1-7H3,(H2,39,42)(H,45,46);14,24-27,29-31H,9-13,15-23,39H2,1-8H3,(H,40,41);(H3,2,3,4,5,6);1H4/t24-,25+,27-,28+,29-,30+,33-,34-,35-,36+,38+;25-,26-,27+,29+,30-,31+,33-,34-,35-,36+,38+;;/m11../s1. The second-order valence-electron chi connectivity index (χ2n) is 37.7. The van der Waals surface area contributed by atoms with E-state index in [2.05, 4.69) is 152 Å². The Bertz CT molecular complexity index is 3240. The Hall–Kier alpha value is -4.08. The zero-order valence-corrected chi connectivity index (χ0v) is 62.3. The number of hydrogen-bond donors (Lipinski definition) is 7. The van der Waals surface area contributed by atoms with Crippen LogP contribution in [0, 0.1) is 119 Å². The van der Waals surface area contributed by atoms with Gasteiger partial charge in [0.05, 0.1) is 63.7 Å². The highest BCUT2D eigenvalue weighted by Crippen LogP contribution is 2.78. The molecule has 552 valence electrons. The lowest BCUT2D eigenvalue weighted by Crippen LogP contribution is -2.69. The summed E-state index contributed by atoms with van der Waals surface area (Å²) in [5.74, 6) is 2.00. The number of hydrogen-bond acceptors (Lipinski definition) is 16. The molecule has 0 radical (unpaired) electrons. The molecule has 12 aliphatic rings. The molecule has 2 aromatic rings. The van der Waals surface area contributed by atoms with Crippen molar-refractivity contribution in [3.63, 3.8) is 0 Å². The number of fused-ring (bicyclic) bond motifs is 6. The van der Waals surface area contributed by atoms with Crippen molar-refractivity contribution in [3.8, 4) is 0 Å². The Morgan fingerprint density at radius 2 is 1.03 bits per heavy atom. The fraction of sp³-hybridized carbons (Fsp3) is 0.897. The molecular weight excluding hydrogens is 1230 g/mol. The minimum atomic E-state index is -0.626. The molecule has 10 aliphatic carbocycles. The van der Waals surface area contributed by atoms with Crippen molar-refractivity contribution in [1.82, 2.24) is 40.8 Å². The third-order valence-corrected chi connectivity index (χ3v) is 32.4. The number of nitrogens with two attached hydrogens (primary N) is 4. The Labute approximate surface area is 587 Å². The topological polar surface area (TPSA) is 314 Å². The number of nitrogens with one attached hydrogen (secondary N) is 1.